The third kappa shape index (κ3) is 2.70. The molecule has 6 heteroatoms. The molecule has 0 spiro atoms. The van der Waals surface area contributed by atoms with Crippen LogP contribution < -0.4 is 10.6 Å². The highest BCUT2D eigenvalue weighted by Gasteiger charge is 2.32. The Morgan fingerprint density at radius 2 is 2.14 bits per heavy atom. The molecule has 6 nitrogen and oxygen atoms in total. The van der Waals surface area contributed by atoms with E-state index in [4.69, 9.17) is 0 Å². The number of nitro groups is 1. The SMILES string of the molecule is CC1(CNc2cc3c(cc2[N+](=O)[O-])NC(=O)CC3)CCC1. The van der Waals surface area contributed by atoms with Crippen molar-refractivity contribution in [2.24, 2.45) is 5.41 Å². The Labute approximate surface area is 123 Å². The summed E-state index contributed by atoms with van der Waals surface area (Å²) in [6.07, 6.45) is 4.62. The number of anilines is 2. The van der Waals surface area contributed by atoms with E-state index in [0.717, 1.165) is 24.9 Å². The number of fused-ring (bicyclic) bond motifs is 1. The van der Waals surface area contributed by atoms with Crippen molar-refractivity contribution < 1.29 is 9.72 Å². The molecule has 0 aromatic heterocycles. The highest BCUT2D eigenvalue weighted by molar-refractivity contribution is 5.95. The average molecular weight is 289 g/mol. The van der Waals surface area contributed by atoms with Gasteiger partial charge in [0.25, 0.3) is 5.69 Å². The molecule has 2 aliphatic rings. The first-order chi connectivity index (χ1) is 9.97. The van der Waals surface area contributed by atoms with E-state index in [0.29, 0.717) is 24.2 Å². The first-order valence-electron chi connectivity index (χ1n) is 7.32. The fraction of sp³-hybridized carbons (Fsp3) is 0.533. The van der Waals surface area contributed by atoms with Crippen LogP contribution in [0.1, 0.15) is 38.2 Å². The molecule has 21 heavy (non-hydrogen) atoms. The molecule has 1 aliphatic heterocycles. The first-order valence-corrected chi connectivity index (χ1v) is 7.32. The fourth-order valence-electron chi connectivity index (χ4n) is 2.98. The quantitative estimate of drug-likeness (QED) is 0.659. The van der Waals surface area contributed by atoms with Crippen LogP contribution in [-0.2, 0) is 11.2 Å². The lowest BCUT2D eigenvalue weighted by molar-refractivity contribution is -0.383. The Morgan fingerprint density at radius 1 is 1.38 bits per heavy atom. The Bertz CT molecular complexity index is 608. The van der Waals surface area contributed by atoms with E-state index in [1.54, 1.807) is 0 Å². The molecule has 1 aromatic rings. The van der Waals surface area contributed by atoms with Gasteiger partial charge in [0, 0.05) is 19.0 Å². The molecule has 0 atom stereocenters. The molecule has 2 N–H and O–H groups in total. The minimum absolute atomic E-state index is 0.0267. The van der Waals surface area contributed by atoms with Gasteiger partial charge in [0.1, 0.15) is 5.69 Å². The Balaban J connectivity index is 1.87. The third-order valence-electron chi connectivity index (χ3n) is 4.58. The van der Waals surface area contributed by atoms with E-state index in [1.165, 1.54) is 12.5 Å². The van der Waals surface area contributed by atoms with Crippen molar-refractivity contribution in [3.63, 3.8) is 0 Å². The van der Waals surface area contributed by atoms with Gasteiger partial charge in [-0.2, -0.15) is 0 Å². The second-order valence-electron chi connectivity index (χ2n) is 6.35. The second kappa shape index (κ2) is 5.02. The maximum atomic E-state index is 11.4. The molecule has 0 radical (unpaired) electrons. The minimum Gasteiger partial charge on any atom is -0.379 e. The van der Waals surface area contributed by atoms with Crippen molar-refractivity contribution in [2.45, 2.75) is 39.0 Å². The zero-order valence-electron chi connectivity index (χ0n) is 12.1. The molecule has 0 unspecified atom stereocenters. The molecule has 1 amide bonds. The largest absolute Gasteiger partial charge is 0.379 e. The third-order valence-corrected chi connectivity index (χ3v) is 4.58. The Hall–Kier alpha value is -2.11. The van der Waals surface area contributed by atoms with Crippen molar-refractivity contribution >= 4 is 23.0 Å². The van der Waals surface area contributed by atoms with Crippen LogP contribution in [0.25, 0.3) is 0 Å². The molecule has 1 aromatic carbocycles. The van der Waals surface area contributed by atoms with Gasteiger partial charge in [-0.25, -0.2) is 0 Å². The average Bonchev–Trinajstić information content (AvgIpc) is 2.42. The number of benzene rings is 1. The summed E-state index contributed by atoms with van der Waals surface area (Å²) in [6, 6.07) is 3.28. The van der Waals surface area contributed by atoms with E-state index >= 15 is 0 Å². The lowest BCUT2D eigenvalue weighted by Crippen LogP contribution is -2.33. The lowest BCUT2D eigenvalue weighted by atomic mass is 9.70. The van der Waals surface area contributed by atoms with Crippen LogP contribution in [0, 0.1) is 15.5 Å². The number of rotatable bonds is 4. The summed E-state index contributed by atoms with van der Waals surface area (Å²) in [4.78, 5) is 22.3. The van der Waals surface area contributed by atoms with Crippen LogP contribution in [0.15, 0.2) is 12.1 Å². The van der Waals surface area contributed by atoms with E-state index in [1.807, 2.05) is 6.07 Å². The van der Waals surface area contributed by atoms with E-state index in [2.05, 4.69) is 17.6 Å². The van der Waals surface area contributed by atoms with Crippen LogP contribution in [0.2, 0.25) is 0 Å². The zero-order valence-corrected chi connectivity index (χ0v) is 12.1. The van der Waals surface area contributed by atoms with E-state index in [-0.39, 0.29) is 17.0 Å². The summed E-state index contributed by atoms with van der Waals surface area (Å²) < 4.78 is 0. The number of amides is 1. The smallest absolute Gasteiger partial charge is 0.294 e. The highest BCUT2D eigenvalue weighted by atomic mass is 16.6. The predicted octanol–water partition coefficient (Wildman–Crippen LogP) is 3.08. The predicted molar refractivity (Wildman–Crippen MR) is 80.5 cm³/mol. The highest BCUT2D eigenvalue weighted by Crippen LogP contribution is 2.41. The minimum atomic E-state index is -0.396. The number of aryl methyl sites for hydroxylation is 1. The summed E-state index contributed by atoms with van der Waals surface area (Å²) in [5, 5.41) is 17.2. The molecule has 0 saturated heterocycles. The number of carbonyl (C=O) groups excluding carboxylic acids is 1. The van der Waals surface area contributed by atoms with Gasteiger partial charge in [-0.1, -0.05) is 13.3 Å². The van der Waals surface area contributed by atoms with Gasteiger partial charge < -0.3 is 10.6 Å². The molecular weight excluding hydrogens is 270 g/mol. The van der Waals surface area contributed by atoms with Gasteiger partial charge in [0.05, 0.1) is 10.6 Å². The van der Waals surface area contributed by atoms with Crippen LogP contribution in [0.5, 0.6) is 0 Å². The van der Waals surface area contributed by atoms with Crippen molar-refractivity contribution in [1.29, 1.82) is 0 Å². The van der Waals surface area contributed by atoms with Gasteiger partial charge in [-0.3, -0.25) is 14.9 Å². The van der Waals surface area contributed by atoms with Crippen LogP contribution >= 0.6 is 0 Å². The zero-order chi connectivity index (χ0) is 15.0. The number of carbonyl (C=O) groups is 1. The first kappa shape index (κ1) is 13.9. The molecule has 0 bridgehead atoms. The maximum absolute atomic E-state index is 11.4. The number of nitrogens with zero attached hydrogens (tertiary/aromatic N) is 1. The van der Waals surface area contributed by atoms with Gasteiger partial charge in [0.15, 0.2) is 0 Å². The van der Waals surface area contributed by atoms with Crippen LogP contribution in [-0.4, -0.2) is 17.4 Å². The molecular formula is C15H19N3O3. The molecule has 112 valence electrons. The van der Waals surface area contributed by atoms with Gasteiger partial charge in [0.2, 0.25) is 5.91 Å². The van der Waals surface area contributed by atoms with Crippen molar-refractivity contribution in [3.8, 4) is 0 Å². The number of hydrogen-bond donors (Lipinski definition) is 2. The molecule has 1 aliphatic carbocycles. The number of hydrogen-bond acceptors (Lipinski definition) is 4. The number of nitrogens with one attached hydrogen (secondary N) is 2. The van der Waals surface area contributed by atoms with Gasteiger partial charge in [-0.15, -0.1) is 0 Å². The standard InChI is InChI=1S/C15H19N3O3/c1-15(5-2-6-15)9-16-12-7-10-3-4-14(19)17-11(10)8-13(12)18(20)21/h7-8,16H,2-6,9H2,1H3,(H,17,19). The summed E-state index contributed by atoms with van der Waals surface area (Å²) >= 11 is 0. The summed E-state index contributed by atoms with van der Waals surface area (Å²) in [5.41, 5.74) is 2.36. The van der Waals surface area contributed by atoms with Crippen molar-refractivity contribution in [1.82, 2.24) is 0 Å². The van der Waals surface area contributed by atoms with Gasteiger partial charge in [-0.05, 0) is 36.3 Å². The topological polar surface area (TPSA) is 84.3 Å². The molecule has 3 rings (SSSR count). The van der Waals surface area contributed by atoms with Crippen LogP contribution in [0.3, 0.4) is 0 Å². The monoisotopic (exact) mass is 289 g/mol. The van der Waals surface area contributed by atoms with E-state index in [9.17, 15) is 14.9 Å². The van der Waals surface area contributed by atoms with Crippen molar-refractivity contribution in [2.75, 3.05) is 17.2 Å². The fourth-order valence-corrected chi connectivity index (χ4v) is 2.98. The van der Waals surface area contributed by atoms with Crippen LogP contribution in [0.4, 0.5) is 17.1 Å². The summed E-state index contributed by atoms with van der Waals surface area (Å²) in [7, 11) is 0. The summed E-state index contributed by atoms with van der Waals surface area (Å²) in [6.45, 7) is 2.95. The normalized spacial score (nSPS) is 19.2. The number of nitro benzene ring substituents is 1. The Morgan fingerprint density at radius 3 is 2.76 bits per heavy atom. The summed E-state index contributed by atoms with van der Waals surface area (Å²) in [5.74, 6) is -0.0838. The maximum Gasteiger partial charge on any atom is 0.294 e. The molecule has 1 saturated carbocycles. The van der Waals surface area contributed by atoms with Crippen molar-refractivity contribution in [3.05, 3.63) is 27.8 Å². The molecule has 1 fully saturated rings. The Kier molecular flexibility index (Phi) is 3.31. The second-order valence-corrected chi connectivity index (χ2v) is 6.35. The lowest BCUT2D eigenvalue weighted by Gasteiger charge is -2.38. The molecule has 1 heterocycles. The van der Waals surface area contributed by atoms with E-state index < -0.39 is 4.92 Å². The van der Waals surface area contributed by atoms with Gasteiger partial charge >= 0.3 is 0 Å².